The Hall–Kier alpha value is -1.74. The molecule has 2 nitrogen and oxygen atoms in total. The lowest BCUT2D eigenvalue weighted by atomic mass is 9.93. The first kappa shape index (κ1) is 13.3. The van der Waals surface area contributed by atoms with Crippen LogP contribution in [0.4, 0.5) is 5.69 Å². The maximum atomic E-state index is 12.8. The number of anilines is 1. The van der Waals surface area contributed by atoms with Gasteiger partial charge in [-0.2, -0.15) is 0 Å². The monoisotopic (exact) mass is 283 g/mol. The van der Waals surface area contributed by atoms with Crippen molar-refractivity contribution in [2.75, 3.05) is 11.4 Å². The van der Waals surface area contributed by atoms with Crippen molar-refractivity contribution in [1.29, 1.82) is 0 Å². The van der Waals surface area contributed by atoms with E-state index in [0.717, 1.165) is 23.5 Å². The van der Waals surface area contributed by atoms with E-state index in [4.69, 9.17) is 0 Å². The van der Waals surface area contributed by atoms with Crippen molar-refractivity contribution >= 4 is 24.2 Å². The molecular formula is C17H17NOS. The standard InChI is InChI=1S/C17H17NOS/c1-12-9-13-5-2-3-8-16(13)18(11-12)17(19)14-6-4-7-15(20)10-14/h2-8,10,12,20H,9,11H2,1H3. The highest BCUT2D eigenvalue weighted by Crippen LogP contribution is 2.30. The highest BCUT2D eigenvalue weighted by molar-refractivity contribution is 7.80. The predicted molar refractivity (Wildman–Crippen MR) is 84.7 cm³/mol. The summed E-state index contributed by atoms with van der Waals surface area (Å²) in [6, 6.07) is 15.6. The van der Waals surface area contributed by atoms with Gasteiger partial charge in [-0.1, -0.05) is 31.2 Å². The lowest BCUT2D eigenvalue weighted by Gasteiger charge is -2.33. The number of rotatable bonds is 1. The zero-order chi connectivity index (χ0) is 14.1. The molecule has 0 N–H and O–H groups in total. The van der Waals surface area contributed by atoms with E-state index in [1.807, 2.05) is 47.4 Å². The average molecular weight is 283 g/mol. The summed E-state index contributed by atoms with van der Waals surface area (Å²) >= 11 is 4.32. The molecule has 0 aliphatic carbocycles. The van der Waals surface area contributed by atoms with Crippen molar-refractivity contribution in [3.05, 3.63) is 59.7 Å². The van der Waals surface area contributed by atoms with E-state index in [1.165, 1.54) is 5.56 Å². The Bertz CT molecular complexity index is 653. The van der Waals surface area contributed by atoms with Gasteiger partial charge in [0.2, 0.25) is 0 Å². The van der Waals surface area contributed by atoms with Crippen LogP contribution in [-0.2, 0) is 6.42 Å². The molecule has 0 fully saturated rings. The number of hydrogen-bond donors (Lipinski definition) is 1. The van der Waals surface area contributed by atoms with Crippen molar-refractivity contribution in [1.82, 2.24) is 0 Å². The number of amides is 1. The number of fused-ring (bicyclic) bond motifs is 1. The van der Waals surface area contributed by atoms with Crippen LogP contribution in [0.25, 0.3) is 0 Å². The fourth-order valence-corrected chi connectivity index (χ4v) is 3.01. The molecular weight excluding hydrogens is 266 g/mol. The minimum absolute atomic E-state index is 0.0555. The Morgan fingerprint density at radius 3 is 2.80 bits per heavy atom. The van der Waals surface area contributed by atoms with Crippen LogP contribution in [0, 0.1) is 5.92 Å². The Morgan fingerprint density at radius 2 is 2.00 bits per heavy atom. The van der Waals surface area contributed by atoms with Gasteiger partial charge >= 0.3 is 0 Å². The lowest BCUT2D eigenvalue weighted by Crippen LogP contribution is -2.39. The zero-order valence-corrected chi connectivity index (χ0v) is 12.3. The average Bonchev–Trinajstić information content (AvgIpc) is 2.45. The number of hydrogen-bond acceptors (Lipinski definition) is 2. The van der Waals surface area contributed by atoms with Gasteiger partial charge in [0.25, 0.3) is 5.91 Å². The molecule has 3 heteroatoms. The summed E-state index contributed by atoms with van der Waals surface area (Å²) in [7, 11) is 0. The van der Waals surface area contributed by atoms with Gasteiger partial charge in [-0.25, -0.2) is 0 Å². The largest absolute Gasteiger partial charge is 0.308 e. The smallest absolute Gasteiger partial charge is 0.258 e. The van der Waals surface area contributed by atoms with Gasteiger partial charge in [-0.05, 0) is 42.2 Å². The Labute approximate surface area is 124 Å². The highest BCUT2D eigenvalue weighted by Gasteiger charge is 2.26. The van der Waals surface area contributed by atoms with Crippen LogP contribution in [0.3, 0.4) is 0 Å². The quantitative estimate of drug-likeness (QED) is 0.789. The molecule has 1 aliphatic heterocycles. The van der Waals surface area contributed by atoms with Crippen molar-refractivity contribution < 1.29 is 4.79 Å². The second-order valence-corrected chi connectivity index (χ2v) is 5.92. The molecule has 20 heavy (non-hydrogen) atoms. The molecule has 0 saturated carbocycles. The molecule has 0 aromatic heterocycles. The molecule has 1 aliphatic rings. The summed E-state index contributed by atoms with van der Waals surface area (Å²) in [5.74, 6) is 0.535. The van der Waals surface area contributed by atoms with Crippen LogP contribution in [0.15, 0.2) is 53.4 Å². The number of carbonyl (C=O) groups is 1. The highest BCUT2D eigenvalue weighted by atomic mass is 32.1. The first-order valence-corrected chi connectivity index (χ1v) is 7.28. The summed E-state index contributed by atoms with van der Waals surface area (Å²) in [4.78, 5) is 15.5. The molecule has 3 rings (SSSR count). The SMILES string of the molecule is CC1Cc2ccccc2N(C(=O)c2cccc(S)c2)C1. The number of benzene rings is 2. The number of nitrogens with zero attached hydrogens (tertiary/aromatic N) is 1. The maximum Gasteiger partial charge on any atom is 0.258 e. The van der Waals surface area contributed by atoms with Crippen molar-refractivity contribution in [2.24, 2.45) is 5.92 Å². The molecule has 102 valence electrons. The van der Waals surface area contributed by atoms with Gasteiger partial charge in [0.1, 0.15) is 0 Å². The van der Waals surface area contributed by atoms with Gasteiger partial charge in [-0.3, -0.25) is 4.79 Å². The molecule has 2 aromatic carbocycles. The summed E-state index contributed by atoms with van der Waals surface area (Å²) < 4.78 is 0. The number of thiol groups is 1. The molecule has 1 atom stereocenters. The fraction of sp³-hybridized carbons (Fsp3) is 0.235. The molecule has 0 bridgehead atoms. The second-order valence-electron chi connectivity index (χ2n) is 5.40. The Morgan fingerprint density at radius 1 is 1.20 bits per heavy atom. The third-order valence-electron chi connectivity index (χ3n) is 3.68. The van der Waals surface area contributed by atoms with Gasteiger partial charge in [0.05, 0.1) is 0 Å². The van der Waals surface area contributed by atoms with Crippen LogP contribution in [-0.4, -0.2) is 12.5 Å². The number of carbonyl (C=O) groups excluding carboxylic acids is 1. The first-order chi connectivity index (χ1) is 9.65. The molecule has 1 amide bonds. The topological polar surface area (TPSA) is 20.3 Å². The van der Waals surface area contributed by atoms with Gasteiger partial charge in [0, 0.05) is 22.7 Å². The van der Waals surface area contributed by atoms with E-state index in [9.17, 15) is 4.79 Å². The summed E-state index contributed by atoms with van der Waals surface area (Å²) in [6.45, 7) is 2.96. The van der Waals surface area contributed by atoms with E-state index >= 15 is 0 Å². The van der Waals surface area contributed by atoms with Crippen molar-refractivity contribution in [3.63, 3.8) is 0 Å². The maximum absolute atomic E-state index is 12.8. The summed E-state index contributed by atoms with van der Waals surface area (Å²) in [5.41, 5.74) is 2.99. The predicted octanol–water partition coefficient (Wildman–Crippen LogP) is 3.81. The minimum atomic E-state index is 0.0555. The normalized spacial score (nSPS) is 17.7. The first-order valence-electron chi connectivity index (χ1n) is 6.84. The van der Waals surface area contributed by atoms with E-state index in [1.54, 1.807) is 0 Å². The molecule has 1 heterocycles. The van der Waals surface area contributed by atoms with Gasteiger partial charge < -0.3 is 4.90 Å². The summed E-state index contributed by atoms with van der Waals surface area (Å²) in [5, 5.41) is 0. The zero-order valence-electron chi connectivity index (χ0n) is 11.4. The fourth-order valence-electron chi connectivity index (χ4n) is 2.78. The van der Waals surface area contributed by atoms with Crippen LogP contribution in [0.1, 0.15) is 22.8 Å². The Kier molecular flexibility index (Phi) is 3.53. The van der Waals surface area contributed by atoms with Gasteiger partial charge in [-0.15, -0.1) is 12.6 Å². The molecule has 0 radical (unpaired) electrons. The lowest BCUT2D eigenvalue weighted by molar-refractivity contribution is 0.0981. The van der Waals surface area contributed by atoms with Crippen LogP contribution in [0.2, 0.25) is 0 Å². The van der Waals surface area contributed by atoms with Crippen LogP contribution >= 0.6 is 12.6 Å². The van der Waals surface area contributed by atoms with E-state index in [0.29, 0.717) is 11.5 Å². The van der Waals surface area contributed by atoms with E-state index < -0.39 is 0 Å². The molecule has 2 aromatic rings. The van der Waals surface area contributed by atoms with Crippen molar-refractivity contribution in [3.8, 4) is 0 Å². The minimum Gasteiger partial charge on any atom is -0.308 e. The second kappa shape index (κ2) is 5.33. The van der Waals surface area contributed by atoms with E-state index in [2.05, 4.69) is 25.6 Å². The number of para-hydroxylation sites is 1. The van der Waals surface area contributed by atoms with Gasteiger partial charge in [0.15, 0.2) is 0 Å². The van der Waals surface area contributed by atoms with Crippen LogP contribution < -0.4 is 4.90 Å². The molecule has 0 saturated heterocycles. The molecule has 0 spiro atoms. The van der Waals surface area contributed by atoms with E-state index in [-0.39, 0.29) is 5.91 Å². The third-order valence-corrected chi connectivity index (χ3v) is 3.96. The Balaban J connectivity index is 2.00. The molecule has 1 unspecified atom stereocenters. The summed E-state index contributed by atoms with van der Waals surface area (Å²) in [6.07, 6.45) is 1.03. The third kappa shape index (κ3) is 2.46. The van der Waals surface area contributed by atoms with Crippen LogP contribution in [0.5, 0.6) is 0 Å². The van der Waals surface area contributed by atoms with Crippen molar-refractivity contribution in [2.45, 2.75) is 18.2 Å².